The molecular weight excluding hydrogens is 319 g/mol. The van der Waals surface area contributed by atoms with Crippen molar-refractivity contribution in [1.82, 2.24) is 10.3 Å². The first kappa shape index (κ1) is 16.2. The van der Waals surface area contributed by atoms with Gasteiger partial charge in [0, 0.05) is 5.92 Å². The Hall–Kier alpha value is -1.18. The molecule has 0 bridgehead atoms. The molecule has 1 aromatic carbocycles. The first-order chi connectivity index (χ1) is 9.90. The van der Waals surface area contributed by atoms with Crippen LogP contribution in [0.5, 0.6) is 0 Å². The van der Waals surface area contributed by atoms with Crippen molar-refractivity contribution >= 4 is 27.5 Å². The fraction of sp³-hybridized carbons (Fsp3) is 0.462. The lowest BCUT2D eigenvalue weighted by atomic mass is 9.89. The number of hydrogen-bond acceptors (Lipinski definition) is 3. The lowest BCUT2D eigenvalue weighted by molar-refractivity contribution is -0.126. The topological polar surface area (TPSA) is 75.3 Å². The Balaban J connectivity index is 2.00. The van der Waals surface area contributed by atoms with E-state index in [1.54, 1.807) is 0 Å². The molecule has 1 aromatic rings. The van der Waals surface area contributed by atoms with Crippen molar-refractivity contribution in [3.63, 3.8) is 0 Å². The number of rotatable bonds is 4. The minimum absolute atomic E-state index is 0.168. The summed E-state index contributed by atoms with van der Waals surface area (Å²) in [4.78, 5) is 13.7. The summed E-state index contributed by atoms with van der Waals surface area (Å²) in [6.45, 7) is 0. The predicted molar refractivity (Wildman–Crippen MR) is 76.4 cm³/mol. The summed E-state index contributed by atoms with van der Waals surface area (Å²) in [5.74, 6) is -1.22. The van der Waals surface area contributed by atoms with Crippen molar-refractivity contribution in [3.8, 4) is 0 Å². The Morgan fingerprint density at radius 2 is 1.90 bits per heavy atom. The molecule has 8 heteroatoms. The van der Waals surface area contributed by atoms with Crippen LogP contribution in [0.2, 0.25) is 5.02 Å². The minimum atomic E-state index is -3.97. The van der Waals surface area contributed by atoms with E-state index in [1.807, 2.05) is 4.83 Å². The van der Waals surface area contributed by atoms with Crippen molar-refractivity contribution in [3.05, 3.63) is 29.0 Å². The number of hydrazine groups is 1. The Labute approximate surface area is 127 Å². The first-order valence-electron chi connectivity index (χ1n) is 6.67. The number of amides is 1. The van der Waals surface area contributed by atoms with Gasteiger partial charge in [-0.1, -0.05) is 30.9 Å². The van der Waals surface area contributed by atoms with Crippen molar-refractivity contribution < 1.29 is 17.6 Å². The SMILES string of the molecule is O=C(NNS(=O)(=O)c1ccc(F)c(Cl)c1)C1CCCCC1. The van der Waals surface area contributed by atoms with Gasteiger partial charge in [-0.15, -0.1) is 4.83 Å². The average Bonchev–Trinajstić information content (AvgIpc) is 2.48. The Bertz CT molecular complexity index is 630. The van der Waals surface area contributed by atoms with Gasteiger partial charge in [0.2, 0.25) is 5.91 Å². The average molecular weight is 335 g/mol. The van der Waals surface area contributed by atoms with E-state index in [2.05, 4.69) is 5.43 Å². The third-order valence-electron chi connectivity index (χ3n) is 3.49. The molecule has 1 saturated carbocycles. The number of halogens is 2. The predicted octanol–water partition coefficient (Wildman–Crippen LogP) is 2.37. The second-order valence-electron chi connectivity index (χ2n) is 5.01. The van der Waals surface area contributed by atoms with E-state index in [0.717, 1.165) is 50.3 Å². The largest absolute Gasteiger partial charge is 0.277 e. The highest BCUT2D eigenvalue weighted by Gasteiger charge is 2.23. The summed E-state index contributed by atoms with van der Waals surface area (Å²) in [6.07, 6.45) is 4.56. The van der Waals surface area contributed by atoms with Crippen molar-refractivity contribution in [2.24, 2.45) is 5.92 Å². The molecule has 0 aromatic heterocycles. The smallest absolute Gasteiger partial charge is 0.257 e. The Morgan fingerprint density at radius 3 is 2.52 bits per heavy atom. The maximum atomic E-state index is 13.0. The highest BCUT2D eigenvalue weighted by atomic mass is 35.5. The lowest BCUT2D eigenvalue weighted by Gasteiger charge is -2.20. The van der Waals surface area contributed by atoms with Gasteiger partial charge in [-0.2, -0.15) is 0 Å². The molecule has 5 nitrogen and oxygen atoms in total. The van der Waals surface area contributed by atoms with Gasteiger partial charge in [-0.05, 0) is 31.0 Å². The molecule has 1 fully saturated rings. The van der Waals surface area contributed by atoms with Crippen molar-refractivity contribution in [2.75, 3.05) is 0 Å². The molecule has 0 heterocycles. The molecule has 2 N–H and O–H groups in total. The van der Waals surface area contributed by atoms with Crippen LogP contribution in [0, 0.1) is 11.7 Å². The number of nitrogens with one attached hydrogen (secondary N) is 2. The van der Waals surface area contributed by atoms with Gasteiger partial charge in [0.25, 0.3) is 10.0 Å². The van der Waals surface area contributed by atoms with E-state index in [-0.39, 0.29) is 21.7 Å². The molecule has 0 atom stereocenters. The first-order valence-corrected chi connectivity index (χ1v) is 8.53. The van der Waals surface area contributed by atoms with Gasteiger partial charge < -0.3 is 0 Å². The normalized spacial score (nSPS) is 16.7. The van der Waals surface area contributed by atoms with Gasteiger partial charge in [-0.3, -0.25) is 10.2 Å². The van der Waals surface area contributed by atoms with Gasteiger partial charge in [0.05, 0.1) is 9.92 Å². The van der Waals surface area contributed by atoms with E-state index >= 15 is 0 Å². The lowest BCUT2D eigenvalue weighted by Crippen LogP contribution is -2.44. The molecule has 116 valence electrons. The Kier molecular flexibility index (Phi) is 5.18. The fourth-order valence-corrected chi connectivity index (χ4v) is 3.41. The number of carbonyl (C=O) groups is 1. The third kappa shape index (κ3) is 4.15. The zero-order chi connectivity index (χ0) is 15.5. The van der Waals surface area contributed by atoms with Gasteiger partial charge in [0.1, 0.15) is 5.82 Å². The number of sulfonamides is 1. The second-order valence-corrected chi connectivity index (χ2v) is 7.10. The minimum Gasteiger partial charge on any atom is -0.277 e. The summed E-state index contributed by atoms with van der Waals surface area (Å²) in [7, 11) is -3.97. The van der Waals surface area contributed by atoms with Crippen LogP contribution in [0.1, 0.15) is 32.1 Å². The molecule has 0 saturated heterocycles. The molecular formula is C13H16ClFN2O3S. The molecule has 21 heavy (non-hydrogen) atoms. The van der Waals surface area contributed by atoms with Gasteiger partial charge in [-0.25, -0.2) is 12.8 Å². The number of hydrogen-bond donors (Lipinski definition) is 2. The molecule has 2 rings (SSSR count). The van der Waals surface area contributed by atoms with Gasteiger partial charge >= 0.3 is 0 Å². The zero-order valence-electron chi connectivity index (χ0n) is 11.2. The third-order valence-corrected chi connectivity index (χ3v) is 5.02. The highest BCUT2D eigenvalue weighted by Crippen LogP contribution is 2.23. The summed E-state index contributed by atoms with van der Waals surface area (Å²) >= 11 is 5.55. The van der Waals surface area contributed by atoms with E-state index in [1.165, 1.54) is 0 Å². The van der Waals surface area contributed by atoms with Crippen molar-refractivity contribution in [1.29, 1.82) is 0 Å². The van der Waals surface area contributed by atoms with E-state index < -0.39 is 15.8 Å². The maximum Gasteiger partial charge on any atom is 0.257 e. The summed E-state index contributed by atoms with van der Waals surface area (Å²) in [5.41, 5.74) is 2.21. The molecule has 0 spiro atoms. The quantitative estimate of drug-likeness (QED) is 0.830. The monoisotopic (exact) mass is 334 g/mol. The molecule has 1 aliphatic carbocycles. The van der Waals surface area contributed by atoms with Crippen LogP contribution in [-0.2, 0) is 14.8 Å². The number of carbonyl (C=O) groups excluding carboxylic acids is 1. The van der Waals surface area contributed by atoms with E-state index in [0.29, 0.717) is 0 Å². The Morgan fingerprint density at radius 1 is 1.24 bits per heavy atom. The summed E-state index contributed by atoms with van der Waals surface area (Å²) in [6, 6.07) is 3.03. The summed E-state index contributed by atoms with van der Waals surface area (Å²) in [5, 5.41) is -0.295. The molecule has 1 amide bonds. The van der Waals surface area contributed by atoms with E-state index in [9.17, 15) is 17.6 Å². The fourth-order valence-electron chi connectivity index (χ4n) is 2.29. The van der Waals surface area contributed by atoms with E-state index in [4.69, 9.17) is 11.6 Å². The summed E-state index contributed by atoms with van der Waals surface area (Å²) < 4.78 is 37.0. The molecule has 1 aliphatic rings. The van der Waals surface area contributed by atoms with Crippen LogP contribution in [0.25, 0.3) is 0 Å². The second kappa shape index (κ2) is 6.72. The van der Waals surface area contributed by atoms with Crippen LogP contribution >= 0.6 is 11.6 Å². The van der Waals surface area contributed by atoms with Crippen LogP contribution in [0.4, 0.5) is 4.39 Å². The molecule has 0 radical (unpaired) electrons. The van der Waals surface area contributed by atoms with Crippen LogP contribution in [0.3, 0.4) is 0 Å². The van der Waals surface area contributed by atoms with Crippen LogP contribution < -0.4 is 10.3 Å². The molecule has 0 unspecified atom stereocenters. The standard InChI is InChI=1S/C13H16ClFN2O3S/c14-11-8-10(6-7-12(11)15)21(19,20)17-16-13(18)9-4-2-1-3-5-9/h6-9,17H,1-5H2,(H,16,18). The highest BCUT2D eigenvalue weighted by molar-refractivity contribution is 7.89. The van der Waals surface area contributed by atoms with Crippen LogP contribution in [-0.4, -0.2) is 14.3 Å². The maximum absolute atomic E-state index is 13.0. The van der Waals surface area contributed by atoms with Gasteiger partial charge in [0.15, 0.2) is 0 Å². The van der Waals surface area contributed by atoms with Crippen molar-refractivity contribution in [2.45, 2.75) is 37.0 Å². The zero-order valence-corrected chi connectivity index (χ0v) is 12.8. The number of benzene rings is 1. The molecule has 0 aliphatic heterocycles. The van der Waals surface area contributed by atoms with Crippen LogP contribution in [0.15, 0.2) is 23.1 Å².